The number of carbonyl (C=O) groups excluding carboxylic acids is 2. The van der Waals surface area contributed by atoms with Gasteiger partial charge in [0.1, 0.15) is 0 Å². The number of anilines is 2. The lowest BCUT2D eigenvalue weighted by molar-refractivity contribution is -0.116. The molecule has 8 heteroatoms. The van der Waals surface area contributed by atoms with Crippen LogP contribution in [-0.4, -0.2) is 22.0 Å². The summed E-state index contributed by atoms with van der Waals surface area (Å²) in [6.07, 6.45) is 1.51. The summed E-state index contributed by atoms with van der Waals surface area (Å²) in [6, 6.07) is 10.8. The zero-order chi connectivity index (χ0) is 18.4. The quantitative estimate of drug-likeness (QED) is 0.661. The van der Waals surface area contributed by atoms with Crippen molar-refractivity contribution in [3.63, 3.8) is 0 Å². The molecule has 0 fully saturated rings. The van der Waals surface area contributed by atoms with E-state index in [9.17, 15) is 9.59 Å². The van der Waals surface area contributed by atoms with Crippen molar-refractivity contribution in [1.29, 1.82) is 0 Å². The van der Waals surface area contributed by atoms with Gasteiger partial charge in [0.05, 0.1) is 4.88 Å². The van der Waals surface area contributed by atoms with Gasteiger partial charge >= 0.3 is 0 Å². The summed E-state index contributed by atoms with van der Waals surface area (Å²) < 4.78 is 5.21. The van der Waals surface area contributed by atoms with E-state index in [1.165, 1.54) is 6.92 Å². The lowest BCUT2D eigenvalue weighted by Gasteiger charge is -2.06. The molecule has 0 spiro atoms. The highest BCUT2D eigenvalue weighted by Gasteiger charge is 2.10. The first-order valence-corrected chi connectivity index (χ1v) is 9.02. The number of thiophene rings is 1. The van der Waals surface area contributed by atoms with Gasteiger partial charge in [-0.2, -0.15) is 4.98 Å². The van der Waals surface area contributed by atoms with Crippen LogP contribution in [-0.2, 0) is 16.0 Å². The van der Waals surface area contributed by atoms with Gasteiger partial charge in [-0.25, -0.2) is 0 Å². The number of aromatic nitrogens is 2. The van der Waals surface area contributed by atoms with Crippen molar-refractivity contribution in [3.8, 4) is 10.7 Å². The van der Waals surface area contributed by atoms with Crippen molar-refractivity contribution in [1.82, 2.24) is 10.1 Å². The predicted molar refractivity (Wildman–Crippen MR) is 99.9 cm³/mol. The van der Waals surface area contributed by atoms with Gasteiger partial charge in [-0.1, -0.05) is 11.2 Å². The Bertz CT molecular complexity index is 872. The van der Waals surface area contributed by atoms with Crippen LogP contribution in [0.15, 0.2) is 46.3 Å². The number of nitrogens with one attached hydrogen (secondary N) is 2. The molecule has 0 atom stereocenters. The molecule has 1 aromatic carbocycles. The smallest absolute Gasteiger partial charge is 0.226 e. The molecule has 3 rings (SSSR count). The molecule has 0 bridgehead atoms. The van der Waals surface area contributed by atoms with Crippen LogP contribution in [0.3, 0.4) is 0 Å². The molecule has 0 aliphatic heterocycles. The summed E-state index contributed by atoms with van der Waals surface area (Å²) in [4.78, 5) is 28.3. The van der Waals surface area contributed by atoms with Crippen LogP contribution < -0.4 is 10.6 Å². The molecule has 7 nitrogen and oxygen atoms in total. The standard InChI is InChI=1S/C18H18N4O3S/c1-12(23)19-13-7-9-14(10-8-13)20-16(24)5-2-6-17-21-18(22-25-17)15-4-3-11-26-15/h3-4,7-11H,2,5-6H2,1H3,(H,19,23)(H,20,24). The maximum absolute atomic E-state index is 12.0. The van der Waals surface area contributed by atoms with E-state index in [1.54, 1.807) is 35.6 Å². The fraction of sp³-hybridized carbons (Fsp3) is 0.222. The highest BCUT2D eigenvalue weighted by atomic mass is 32.1. The SMILES string of the molecule is CC(=O)Nc1ccc(NC(=O)CCCc2nc(-c3cccs3)no2)cc1. The topological polar surface area (TPSA) is 97.1 Å². The van der Waals surface area contributed by atoms with Crippen molar-refractivity contribution in [2.24, 2.45) is 0 Å². The third-order valence-electron chi connectivity index (χ3n) is 3.49. The largest absolute Gasteiger partial charge is 0.339 e. The van der Waals surface area contributed by atoms with Crippen molar-refractivity contribution >= 4 is 34.5 Å². The second kappa shape index (κ2) is 8.39. The van der Waals surface area contributed by atoms with E-state index < -0.39 is 0 Å². The number of hydrogen-bond acceptors (Lipinski definition) is 6. The van der Waals surface area contributed by atoms with Gasteiger partial charge in [0, 0.05) is 31.1 Å². The average Bonchev–Trinajstić information content (AvgIpc) is 3.27. The van der Waals surface area contributed by atoms with Gasteiger partial charge in [0.25, 0.3) is 0 Å². The van der Waals surface area contributed by atoms with Gasteiger partial charge in [0.2, 0.25) is 23.5 Å². The number of hydrogen-bond donors (Lipinski definition) is 2. The average molecular weight is 370 g/mol. The lowest BCUT2D eigenvalue weighted by atomic mass is 10.2. The molecule has 0 saturated carbocycles. The molecule has 0 unspecified atom stereocenters. The first-order chi connectivity index (χ1) is 12.6. The second-order valence-electron chi connectivity index (χ2n) is 5.65. The Morgan fingerprint density at radius 2 is 1.85 bits per heavy atom. The van der Waals surface area contributed by atoms with Crippen molar-refractivity contribution < 1.29 is 14.1 Å². The summed E-state index contributed by atoms with van der Waals surface area (Å²) in [5.41, 5.74) is 1.37. The molecule has 0 saturated heterocycles. The van der Waals surface area contributed by atoms with E-state index >= 15 is 0 Å². The molecule has 2 aromatic heterocycles. The van der Waals surface area contributed by atoms with Crippen LogP contribution in [0.5, 0.6) is 0 Å². The fourth-order valence-electron chi connectivity index (χ4n) is 2.33. The summed E-state index contributed by atoms with van der Waals surface area (Å²) >= 11 is 1.55. The third-order valence-corrected chi connectivity index (χ3v) is 4.36. The molecule has 0 radical (unpaired) electrons. The van der Waals surface area contributed by atoms with E-state index in [1.807, 2.05) is 17.5 Å². The molecule has 2 heterocycles. The predicted octanol–water partition coefficient (Wildman–Crippen LogP) is 3.72. The second-order valence-corrected chi connectivity index (χ2v) is 6.60. The minimum absolute atomic E-state index is 0.0877. The lowest BCUT2D eigenvalue weighted by Crippen LogP contribution is -2.11. The zero-order valence-corrected chi connectivity index (χ0v) is 15.0. The molecule has 0 aliphatic carbocycles. The van der Waals surface area contributed by atoms with Crippen LogP contribution in [0.25, 0.3) is 10.7 Å². The van der Waals surface area contributed by atoms with Crippen LogP contribution in [0, 0.1) is 0 Å². The summed E-state index contributed by atoms with van der Waals surface area (Å²) in [5.74, 6) is 0.889. The Hall–Kier alpha value is -3.00. The van der Waals surface area contributed by atoms with Gasteiger partial charge in [-0.05, 0) is 42.1 Å². The molecular weight excluding hydrogens is 352 g/mol. The fourth-order valence-corrected chi connectivity index (χ4v) is 2.98. The Morgan fingerprint density at radius 1 is 1.12 bits per heavy atom. The summed E-state index contributed by atoms with van der Waals surface area (Å²) in [7, 11) is 0. The molecular formula is C18H18N4O3S. The molecule has 3 aromatic rings. The first-order valence-electron chi connectivity index (χ1n) is 8.14. The first kappa shape index (κ1) is 17.8. The third kappa shape index (κ3) is 5.00. The Morgan fingerprint density at radius 3 is 2.50 bits per heavy atom. The highest BCUT2D eigenvalue weighted by molar-refractivity contribution is 7.13. The van der Waals surface area contributed by atoms with Crippen LogP contribution in [0.2, 0.25) is 0 Å². The van der Waals surface area contributed by atoms with Crippen LogP contribution in [0.1, 0.15) is 25.7 Å². The number of nitrogens with zero attached hydrogens (tertiary/aromatic N) is 2. The Balaban J connectivity index is 1.43. The summed E-state index contributed by atoms with van der Waals surface area (Å²) in [6.45, 7) is 1.45. The van der Waals surface area contributed by atoms with Gasteiger partial charge in [-0.3, -0.25) is 9.59 Å². The van der Waals surface area contributed by atoms with E-state index in [4.69, 9.17) is 4.52 Å². The Kier molecular flexibility index (Phi) is 5.75. The van der Waals surface area contributed by atoms with Crippen molar-refractivity contribution in [2.75, 3.05) is 10.6 Å². The van der Waals surface area contributed by atoms with Crippen LogP contribution >= 0.6 is 11.3 Å². The zero-order valence-electron chi connectivity index (χ0n) is 14.2. The van der Waals surface area contributed by atoms with Gasteiger partial charge < -0.3 is 15.2 Å². The summed E-state index contributed by atoms with van der Waals surface area (Å²) in [5, 5.41) is 11.4. The van der Waals surface area contributed by atoms with E-state index in [0.29, 0.717) is 42.4 Å². The maximum atomic E-state index is 12.0. The minimum Gasteiger partial charge on any atom is -0.339 e. The number of aryl methyl sites for hydroxylation is 1. The van der Waals surface area contributed by atoms with Gasteiger partial charge in [-0.15, -0.1) is 11.3 Å². The Labute approximate surface area is 154 Å². The number of amides is 2. The minimum atomic E-state index is -0.134. The van der Waals surface area contributed by atoms with Gasteiger partial charge in [0.15, 0.2) is 0 Å². The monoisotopic (exact) mass is 370 g/mol. The van der Waals surface area contributed by atoms with E-state index in [2.05, 4.69) is 20.8 Å². The molecule has 0 aliphatic rings. The molecule has 134 valence electrons. The molecule has 2 N–H and O–H groups in total. The highest BCUT2D eigenvalue weighted by Crippen LogP contribution is 2.21. The number of benzene rings is 1. The van der Waals surface area contributed by atoms with E-state index in [-0.39, 0.29) is 11.8 Å². The van der Waals surface area contributed by atoms with Crippen molar-refractivity contribution in [2.45, 2.75) is 26.2 Å². The van der Waals surface area contributed by atoms with E-state index in [0.717, 1.165) is 4.88 Å². The molecule has 26 heavy (non-hydrogen) atoms. The van der Waals surface area contributed by atoms with Crippen LogP contribution in [0.4, 0.5) is 11.4 Å². The number of carbonyl (C=O) groups is 2. The van der Waals surface area contributed by atoms with Crippen molar-refractivity contribution in [3.05, 3.63) is 47.7 Å². The normalized spacial score (nSPS) is 10.5. The number of rotatable bonds is 7. The maximum Gasteiger partial charge on any atom is 0.226 e. The molecule has 2 amide bonds.